The Kier molecular flexibility index (Phi) is 8.64. The quantitative estimate of drug-likeness (QED) is 0.478. The summed E-state index contributed by atoms with van der Waals surface area (Å²) in [4.78, 5) is 0. The van der Waals surface area contributed by atoms with Crippen LogP contribution in [-0.2, 0) is 4.74 Å². The van der Waals surface area contributed by atoms with Crippen molar-refractivity contribution in [1.82, 2.24) is 5.32 Å². The number of hydrogen-bond donors (Lipinski definition) is 1. The summed E-state index contributed by atoms with van der Waals surface area (Å²) >= 11 is 5.72. The van der Waals surface area contributed by atoms with Crippen molar-refractivity contribution in [3.63, 3.8) is 0 Å². The predicted octanol–water partition coefficient (Wildman–Crippen LogP) is 2.66. The van der Waals surface area contributed by atoms with Crippen molar-refractivity contribution in [3.05, 3.63) is 0 Å². The van der Waals surface area contributed by atoms with Gasteiger partial charge in [0.15, 0.2) is 0 Å². The molecule has 0 fully saturated rings. The number of ether oxygens (including phenoxy) is 1. The fourth-order valence-electron chi connectivity index (χ4n) is 1.27. The molecule has 0 radical (unpaired) electrons. The summed E-state index contributed by atoms with van der Waals surface area (Å²) in [7, 11) is 1.75. The fraction of sp³-hybridized carbons (Fsp3) is 1.00. The monoisotopic (exact) mass is 221 g/mol. The van der Waals surface area contributed by atoms with Gasteiger partial charge in [-0.2, -0.15) is 0 Å². The first-order chi connectivity index (χ1) is 6.62. The van der Waals surface area contributed by atoms with Gasteiger partial charge in [-0.25, -0.2) is 0 Å². The smallest absolute Gasteiger partial charge is 0.0462 e. The predicted molar refractivity (Wildman–Crippen MR) is 63.1 cm³/mol. The Hall–Kier alpha value is 0.210. The molecule has 0 aromatic carbocycles. The van der Waals surface area contributed by atoms with Gasteiger partial charge >= 0.3 is 0 Å². The Morgan fingerprint density at radius 2 is 2.00 bits per heavy atom. The molecule has 0 aliphatic heterocycles. The van der Waals surface area contributed by atoms with E-state index in [1.54, 1.807) is 7.11 Å². The van der Waals surface area contributed by atoms with Crippen molar-refractivity contribution < 1.29 is 4.74 Å². The molecule has 0 spiro atoms. The summed E-state index contributed by atoms with van der Waals surface area (Å²) in [5.74, 6) is 0.748. The van der Waals surface area contributed by atoms with Gasteiger partial charge in [0.2, 0.25) is 0 Å². The molecule has 0 atom stereocenters. The minimum absolute atomic E-state index is 0.322. The molecule has 86 valence electrons. The van der Waals surface area contributed by atoms with Crippen molar-refractivity contribution in [3.8, 4) is 0 Å². The number of nitrogens with one attached hydrogen (secondary N) is 1. The average Bonchev–Trinajstić information content (AvgIpc) is 2.11. The second-order valence-electron chi connectivity index (χ2n) is 4.48. The topological polar surface area (TPSA) is 21.3 Å². The molecule has 0 aromatic heterocycles. The van der Waals surface area contributed by atoms with Gasteiger partial charge in [0, 0.05) is 26.1 Å². The van der Waals surface area contributed by atoms with Crippen molar-refractivity contribution in [2.24, 2.45) is 5.41 Å². The van der Waals surface area contributed by atoms with Crippen molar-refractivity contribution in [1.29, 1.82) is 0 Å². The van der Waals surface area contributed by atoms with Crippen molar-refractivity contribution in [2.75, 3.05) is 32.7 Å². The number of methoxy groups -OCH3 is 1. The summed E-state index contributed by atoms with van der Waals surface area (Å²) in [5.41, 5.74) is 0.322. The van der Waals surface area contributed by atoms with Crippen LogP contribution >= 0.6 is 11.6 Å². The van der Waals surface area contributed by atoms with Crippen molar-refractivity contribution >= 4 is 11.6 Å². The Bertz CT molecular complexity index is 128. The van der Waals surface area contributed by atoms with E-state index < -0.39 is 0 Å². The highest BCUT2D eigenvalue weighted by Gasteiger charge is 2.15. The largest absolute Gasteiger partial charge is 0.385 e. The van der Waals surface area contributed by atoms with E-state index >= 15 is 0 Å². The van der Waals surface area contributed by atoms with Crippen LogP contribution in [0.2, 0.25) is 0 Å². The summed E-state index contributed by atoms with van der Waals surface area (Å²) in [6.45, 7) is 7.49. The average molecular weight is 222 g/mol. The van der Waals surface area contributed by atoms with Gasteiger partial charge in [0.1, 0.15) is 0 Å². The van der Waals surface area contributed by atoms with Crippen LogP contribution in [0.3, 0.4) is 0 Å². The molecule has 3 heteroatoms. The maximum atomic E-state index is 5.72. The van der Waals surface area contributed by atoms with Crippen LogP contribution in [0.4, 0.5) is 0 Å². The molecule has 0 rings (SSSR count). The van der Waals surface area contributed by atoms with Crippen LogP contribution in [0.5, 0.6) is 0 Å². The van der Waals surface area contributed by atoms with Crippen molar-refractivity contribution in [2.45, 2.75) is 33.1 Å². The summed E-state index contributed by atoms with van der Waals surface area (Å²) in [5, 5.41) is 3.46. The Balaban J connectivity index is 3.26. The zero-order valence-electron chi connectivity index (χ0n) is 9.74. The van der Waals surface area contributed by atoms with Gasteiger partial charge in [-0.3, -0.25) is 0 Å². The maximum absolute atomic E-state index is 5.72. The first kappa shape index (κ1) is 14.2. The third-order valence-electron chi connectivity index (χ3n) is 2.33. The number of unbranched alkanes of at least 4 members (excludes halogenated alkanes) is 1. The van der Waals surface area contributed by atoms with Gasteiger partial charge in [-0.1, -0.05) is 13.8 Å². The van der Waals surface area contributed by atoms with E-state index in [1.807, 2.05) is 0 Å². The van der Waals surface area contributed by atoms with E-state index in [4.69, 9.17) is 16.3 Å². The molecule has 1 N–H and O–H groups in total. The minimum Gasteiger partial charge on any atom is -0.385 e. The van der Waals surface area contributed by atoms with Gasteiger partial charge in [0.25, 0.3) is 0 Å². The molecule has 0 saturated heterocycles. The molecule has 0 aromatic rings. The standard InChI is InChI=1S/C11H24ClNO/c1-11(2,6-7-12)10-13-8-4-5-9-14-3/h13H,4-10H2,1-3H3. The number of hydrogen-bond acceptors (Lipinski definition) is 2. The van der Waals surface area contributed by atoms with Gasteiger partial charge in [-0.15, -0.1) is 11.6 Å². The first-order valence-corrected chi connectivity index (χ1v) is 5.91. The lowest BCUT2D eigenvalue weighted by atomic mass is 9.90. The normalized spacial score (nSPS) is 12.0. The zero-order valence-corrected chi connectivity index (χ0v) is 10.5. The maximum Gasteiger partial charge on any atom is 0.0462 e. The van der Waals surface area contributed by atoms with Crippen LogP contribution in [0.1, 0.15) is 33.1 Å². The van der Waals surface area contributed by atoms with Crippen LogP contribution in [0.15, 0.2) is 0 Å². The van der Waals surface area contributed by atoms with Gasteiger partial charge in [-0.05, 0) is 31.2 Å². The van der Waals surface area contributed by atoms with Crippen LogP contribution in [0.25, 0.3) is 0 Å². The van der Waals surface area contributed by atoms with Gasteiger partial charge < -0.3 is 10.1 Å². The molecule has 0 bridgehead atoms. The van der Waals surface area contributed by atoms with E-state index in [9.17, 15) is 0 Å². The Morgan fingerprint density at radius 3 is 2.57 bits per heavy atom. The highest BCUT2D eigenvalue weighted by atomic mass is 35.5. The number of alkyl halides is 1. The second kappa shape index (κ2) is 8.51. The zero-order chi connectivity index (χ0) is 10.9. The van der Waals surface area contributed by atoms with Gasteiger partial charge in [0.05, 0.1) is 0 Å². The number of halogens is 1. The summed E-state index contributed by atoms with van der Waals surface area (Å²) < 4.78 is 4.98. The lowest BCUT2D eigenvalue weighted by molar-refractivity contribution is 0.192. The molecule has 0 unspecified atom stereocenters. The molecule has 0 amide bonds. The Morgan fingerprint density at radius 1 is 1.29 bits per heavy atom. The molecule has 0 aliphatic rings. The van der Waals surface area contributed by atoms with Crippen LogP contribution in [-0.4, -0.2) is 32.7 Å². The third kappa shape index (κ3) is 8.79. The van der Waals surface area contributed by atoms with Crippen LogP contribution in [0, 0.1) is 5.41 Å². The highest BCUT2D eigenvalue weighted by Crippen LogP contribution is 2.19. The molecule has 0 aliphatic carbocycles. The molecular formula is C11H24ClNO. The van der Waals surface area contributed by atoms with E-state index in [2.05, 4.69) is 19.2 Å². The highest BCUT2D eigenvalue weighted by molar-refractivity contribution is 6.17. The first-order valence-electron chi connectivity index (χ1n) is 5.38. The number of rotatable bonds is 9. The molecular weight excluding hydrogens is 198 g/mol. The molecule has 2 nitrogen and oxygen atoms in total. The third-order valence-corrected chi connectivity index (χ3v) is 2.52. The molecule has 0 heterocycles. The SMILES string of the molecule is COCCCCNCC(C)(C)CCCl. The van der Waals surface area contributed by atoms with Crippen LogP contribution < -0.4 is 5.32 Å². The van der Waals surface area contributed by atoms with E-state index in [0.717, 1.165) is 38.4 Å². The van der Waals surface area contributed by atoms with E-state index in [1.165, 1.54) is 6.42 Å². The molecule has 0 saturated carbocycles. The summed E-state index contributed by atoms with van der Waals surface area (Å²) in [6.07, 6.45) is 3.39. The van der Waals surface area contributed by atoms with E-state index in [0.29, 0.717) is 5.41 Å². The fourth-order valence-corrected chi connectivity index (χ4v) is 1.78. The Labute approximate surface area is 93.4 Å². The summed E-state index contributed by atoms with van der Waals surface area (Å²) in [6, 6.07) is 0. The second-order valence-corrected chi connectivity index (χ2v) is 4.86. The lowest BCUT2D eigenvalue weighted by Gasteiger charge is -2.23. The molecule has 14 heavy (non-hydrogen) atoms. The lowest BCUT2D eigenvalue weighted by Crippen LogP contribution is -2.30. The minimum atomic E-state index is 0.322. The van der Waals surface area contributed by atoms with E-state index in [-0.39, 0.29) is 0 Å².